The Hall–Kier alpha value is -0.545. The van der Waals surface area contributed by atoms with Gasteiger partial charge in [0.2, 0.25) is 0 Å². The Bertz CT molecular complexity index is 323. The molecule has 0 saturated carbocycles. The Morgan fingerprint density at radius 2 is 1.59 bits per heavy atom. The molecule has 0 aromatic carbocycles. The summed E-state index contributed by atoms with van der Waals surface area (Å²) in [6.45, 7) is 10.6. The van der Waals surface area contributed by atoms with E-state index in [1.165, 1.54) is 0 Å². The summed E-state index contributed by atoms with van der Waals surface area (Å²) in [4.78, 5) is 11.4. The zero-order valence-corrected chi connectivity index (χ0v) is 11.3. The van der Waals surface area contributed by atoms with Crippen LogP contribution in [0, 0.1) is 0 Å². The molecule has 96 valence electrons. The van der Waals surface area contributed by atoms with Gasteiger partial charge >= 0.3 is 13.1 Å². The molecule has 1 unspecified atom stereocenters. The van der Waals surface area contributed by atoms with E-state index < -0.39 is 0 Å². The average molecular weight is 240 g/mol. The Kier molecular flexibility index (Phi) is 2.82. The maximum absolute atomic E-state index is 11.4. The summed E-state index contributed by atoms with van der Waals surface area (Å²) in [7, 11) is -0.333. The van der Waals surface area contributed by atoms with Crippen molar-refractivity contribution < 1.29 is 18.8 Å². The molecule has 0 amide bonds. The van der Waals surface area contributed by atoms with Crippen LogP contribution < -0.4 is 0 Å². The normalized spacial score (nSPS) is 35.8. The summed E-state index contributed by atoms with van der Waals surface area (Å²) in [5.41, 5.74) is -0.690. The molecule has 2 heterocycles. The van der Waals surface area contributed by atoms with Crippen LogP contribution in [-0.4, -0.2) is 30.9 Å². The third-order valence-electron chi connectivity index (χ3n) is 4.31. The molecule has 5 heteroatoms. The van der Waals surface area contributed by atoms with E-state index in [0.29, 0.717) is 13.0 Å². The van der Waals surface area contributed by atoms with Gasteiger partial charge in [0.05, 0.1) is 17.8 Å². The minimum atomic E-state index is -0.345. The van der Waals surface area contributed by atoms with Crippen LogP contribution in [-0.2, 0) is 18.8 Å². The number of carbonyl (C=O) groups is 1. The maximum atomic E-state index is 11.4. The largest absolute Gasteiger partial charge is 0.466 e. The monoisotopic (exact) mass is 240 g/mol. The standard InChI is InChI=1S/C12H21BO4/c1-10(2)11(3,4)17-13(16-10)12(5)6-7-15-9(14)8-12/h6-8H2,1-5H3. The number of hydrogen-bond donors (Lipinski definition) is 0. The predicted molar refractivity (Wildman–Crippen MR) is 64.6 cm³/mol. The molecule has 1 atom stereocenters. The van der Waals surface area contributed by atoms with Crippen LogP contribution in [0.5, 0.6) is 0 Å². The van der Waals surface area contributed by atoms with Crippen LogP contribution >= 0.6 is 0 Å². The van der Waals surface area contributed by atoms with Gasteiger partial charge in [0.1, 0.15) is 0 Å². The van der Waals surface area contributed by atoms with Gasteiger partial charge < -0.3 is 14.0 Å². The molecular weight excluding hydrogens is 219 g/mol. The van der Waals surface area contributed by atoms with Crippen LogP contribution in [0.3, 0.4) is 0 Å². The van der Waals surface area contributed by atoms with Gasteiger partial charge in [-0.05, 0) is 34.1 Å². The van der Waals surface area contributed by atoms with E-state index in [1.54, 1.807) is 0 Å². The van der Waals surface area contributed by atoms with Crippen molar-refractivity contribution in [3.63, 3.8) is 0 Å². The van der Waals surface area contributed by atoms with Crippen molar-refractivity contribution in [1.82, 2.24) is 0 Å². The van der Waals surface area contributed by atoms with Gasteiger partial charge in [0, 0.05) is 11.7 Å². The van der Waals surface area contributed by atoms with Gasteiger partial charge in [0.15, 0.2) is 0 Å². The first-order chi connectivity index (χ1) is 7.66. The van der Waals surface area contributed by atoms with Crippen LogP contribution in [0.2, 0.25) is 5.31 Å². The third-order valence-corrected chi connectivity index (χ3v) is 4.31. The molecule has 0 aromatic rings. The molecule has 2 rings (SSSR count). The molecular formula is C12H21BO4. The van der Waals surface area contributed by atoms with E-state index in [2.05, 4.69) is 0 Å². The van der Waals surface area contributed by atoms with Gasteiger partial charge in [0.25, 0.3) is 0 Å². The average Bonchev–Trinajstić information content (AvgIpc) is 2.36. The number of hydrogen-bond acceptors (Lipinski definition) is 4. The first-order valence-corrected chi connectivity index (χ1v) is 6.18. The van der Waals surface area contributed by atoms with Gasteiger partial charge in [-0.25, -0.2) is 0 Å². The van der Waals surface area contributed by atoms with E-state index in [1.807, 2.05) is 34.6 Å². The highest BCUT2D eigenvalue weighted by atomic mass is 16.7. The van der Waals surface area contributed by atoms with E-state index in [-0.39, 0.29) is 29.6 Å². The van der Waals surface area contributed by atoms with Crippen LogP contribution in [0.1, 0.15) is 47.5 Å². The zero-order chi connectivity index (χ0) is 12.9. The Balaban J connectivity index is 2.17. The molecule has 0 aromatic heterocycles. The van der Waals surface area contributed by atoms with Crippen molar-refractivity contribution in [1.29, 1.82) is 0 Å². The second-order valence-corrected chi connectivity index (χ2v) is 6.39. The van der Waals surface area contributed by atoms with Crippen LogP contribution in [0.25, 0.3) is 0 Å². The minimum absolute atomic E-state index is 0.159. The third kappa shape index (κ3) is 2.11. The lowest BCUT2D eigenvalue weighted by Gasteiger charge is -2.33. The predicted octanol–water partition coefficient (Wildman–Crippen LogP) is 2.18. The fraction of sp³-hybridized carbons (Fsp3) is 0.917. The molecule has 2 aliphatic heterocycles. The number of carbonyl (C=O) groups excluding carboxylic acids is 1. The number of ether oxygens (including phenoxy) is 1. The molecule has 0 spiro atoms. The first-order valence-electron chi connectivity index (χ1n) is 6.18. The summed E-state index contributed by atoms with van der Waals surface area (Å²) < 4.78 is 17.0. The minimum Gasteiger partial charge on any atom is -0.466 e. The topological polar surface area (TPSA) is 44.8 Å². The Morgan fingerprint density at radius 3 is 2.06 bits per heavy atom. The van der Waals surface area contributed by atoms with Crippen molar-refractivity contribution >= 4 is 13.1 Å². The van der Waals surface area contributed by atoms with Crippen LogP contribution in [0.4, 0.5) is 0 Å². The SMILES string of the molecule is CC1(B2OC(C)(C)C(C)(C)O2)CCOC(=O)C1. The summed E-state index contributed by atoms with van der Waals surface area (Å²) in [6.07, 6.45) is 1.15. The smallest absolute Gasteiger partial charge is 0.464 e. The van der Waals surface area contributed by atoms with Crippen molar-refractivity contribution in [2.75, 3.05) is 6.61 Å². The van der Waals surface area contributed by atoms with Gasteiger partial charge in [-0.1, -0.05) is 6.92 Å². The lowest BCUT2D eigenvalue weighted by molar-refractivity contribution is -0.148. The molecule has 0 N–H and O–H groups in total. The summed E-state index contributed by atoms with van der Waals surface area (Å²) >= 11 is 0. The van der Waals surface area contributed by atoms with Gasteiger partial charge in [-0.15, -0.1) is 0 Å². The van der Waals surface area contributed by atoms with E-state index in [0.717, 1.165) is 6.42 Å². The quantitative estimate of drug-likeness (QED) is 0.520. The fourth-order valence-electron chi connectivity index (χ4n) is 2.20. The lowest BCUT2D eigenvalue weighted by Crippen LogP contribution is -2.41. The first kappa shape index (κ1) is 12.9. The van der Waals surface area contributed by atoms with E-state index in [4.69, 9.17) is 14.0 Å². The second-order valence-electron chi connectivity index (χ2n) is 6.39. The Labute approximate surface area is 103 Å². The number of esters is 1. The van der Waals surface area contributed by atoms with Crippen LogP contribution in [0.15, 0.2) is 0 Å². The summed E-state index contributed by atoms with van der Waals surface area (Å²) in [5.74, 6) is -0.159. The van der Waals surface area contributed by atoms with E-state index in [9.17, 15) is 4.79 Å². The maximum Gasteiger partial charge on any atom is 0.464 e. The van der Waals surface area contributed by atoms with E-state index >= 15 is 0 Å². The molecule has 2 aliphatic rings. The highest BCUT2D eigenvalue weighted by molar-refractivity contribution is 6.50. The number of rotatable bonds is 1. The van der Waals surface area contributed by atoms with Crippen molar-refractivity contribution in [2.45, 2.75) is 64.0 Å². The molecule has 0 bridgehead atoms. The lowest BCUT2D eigenvalue weighted by atomic mass is 9.54. The molecule has 2 fully saturated rings. The van der Waals surface area contributed by atoms with Crippen molar-refractivity contribution in [2.24, 2.45) is 0 Å². The molecule has 2 saturated heterocycles. The van der Waals surface area contributed by atoms with Gasteiger partial charge in [-0.2, -0.15) is 0 Å². The van der Waals surface area contributed by atoms with Gasteiger partial charge in [-0.3, -0.25) is 4.79 Å². The molecule has 0 radical (unpaired) electrons. The zero-order valence-electron chi connectivity index (χ0n) is 11.3. The van der Waals surface area contributed by atoms with Crippen molar-refractivity contribution in [3.05, 3.63) is 0 Å². The second kappa shape index (κ2) is 3.72. The molecule has 4 nitrogen and oxygen atoms in total. The summed E-state index contributed by atoms with van der Waals surface area (Å²) in [6, 6.07) is 0. The van der Waals surface area contributed by atoms with Crippen molar-refractivity contribution in [3.8, 4) is 0 Å². The highest BCUT2D eigenvalue weighted by Gasteiger charge is 2.58. The Morgan fingerprint density at radius 1 is 1.06 bits per heavy atom. The summed E-state index contributed by atoms with van der Waals surface area (Å²) in [5, 5.41) is -0.277. The highest BCUT2D eigenvalue weighted by Crippen LogP contribution is 2.49. The molecule has 17 heavy (non-hydrogen) atoms. The number of cyclic esters (lactones) is 1. The fourth-order valence-corrected chi connectivity index (χ4v) is 2.20. The molecule has 0 aliphatic carbocycles.